The second-order valence-electron chi connectivity index (χ2n) is 13.5. The fourth-order valence-electron chi connectivity index (χ4n) is 7.80. The fourth-order valence-corrected chi connectivity index (χ4v) is 7.80. The Hall–Kier alpha value is -3.42. The maximum atomic E-state index is 14.3. The number of ether oxygens (including phenoxy) is 2. The molecule has 5 aliphatic rings. The van der Waals surface area contributed by atoms with E-state index in [1.807, 2.05) is 0 Å². The van der Waals surface area contributed by atoms with Crippen LogP contribution in [0.25, 0.3) is 32.7 Å². The van der Waals surface area contributed by atoms with E-state index in [0.29, 0.717) is 96.9 Å². The highest BCUT2D eigenvalue weighted by Gasteiger charge is 2.27. The average Bonchev–Trinajstić information content (AvgIpc) is 3.63. The van der Waals surface area contributed by atoms with Crippen LogP contribution in [-0.4, -0.2) is 121 Å². The molecule has 1 N–H and O–H groups in total. The zero-order valence-corrected chi connectivity index (χ0v) is 28.0. The van der Waals surface area contributed by atoms with E-state index in [1.54, 1.807) is 18.2 Å². The molecule has 258 valence electrons. The summed E-state index contributed by atoms with van der Waals surface area (Å²) < 4.78 is 13.7. The van der Waals surface area contributed by atoms with Gasteiger partial charge in [-0.25, -0.2) is 0 Å². The molecule has 1 aromatic heterocycles. The summed E-state index contributed by atoms with van der Waals surface area (Å²) in [6, 6.07) is 5.14. The molecule has 1 aliphatic carbocycles. The molecule has 12 nitrogen and oxygen atoms in total. The molecule has 1 aromatic carbocycles. The van der Waals surface area contributed by atoms with E-state index in [4.69, 9.17) is 14.5 Å². The highest BCUT2D eigenvalue weighted by Crippen LogP contribution is 2.36. The van der Waals surface area contributed by atoms with Gasteiger partial charge in [0.1, 0.15) is 0 Å². The van der Waals surface area contributed by atoms with Gasteiger partial charge in [-0.2, -0.15) is 0 Å². The Morgan fingerprint density at radius 3 is 1.88 bits per heavy atom. The van der Waals surface area contributed by atoms with E-state index in [-0.39, 0.29) is 22.6 Å². The third-order valence-electron chi connectivity index (χ3n) is 10.5. The van der Waals surface area contributed by atoms with Gasteiger partial charge in [-0.05, 0) is 76.4 Å². The Labute approximate surface area is 279 Å². The molecule has 0 amide bonds. The first-order valence-electron chi connectivity index (χ1n) is 17.9. The van der Waals surface area contributed by atoms with Crippen LogP contribution in [0.15, 0.2) is 37.6 Å². The second kappa shape index (κ2) is 15.0. The molecule has 5 heterocycles. The number of benzene rings is 2. The van der Waals surface area contributed by atoms with Gasteiger partial charge in [0.25, 0.3) is 16.7 Å². The lowest BCUT2D eigenvalue weighted by Crippen LogP contribution is -2.39. The van der Waals surface area contributed by atoms with Gasteiger partial charge in [-0.15, -0.1) is 0 Å². The van der Waals surface area contributed by atoms with Gasteiger partial charge in [0.15, 0.2) is 0 Å². The minimum absolute atomic E-state index is 0.137. The lowest BCUT2D eigenvalue weighted by atomic mass is 9.90. The molecule has 48 heavy (non-hydrogen) atoms. The quantitative estimate of drug-likeness (QED) is 0.168. The molecule has 3 fully saturated rings. The van der Waals surface area contributed by atoms with Crippen LogP contribution in [0.1, 0.15) is 38.5 Å². The van der Waals surface area contributed by atoms with Crippen LogP contribution < -0.4 is 22.0 Å². The molecule has 0 radical (unpaired) electrons. The molecular formula is C36H48N6O6. The first-order chi connectivity index (χ1) is 23.5. The van der Waals surface area contributed by atoms with Crippen LogP contribution in [-0.2, 0) is 22.6 Å². The van der Waals surface area contributed by atoms with E-state index >= 15 is 0 Å². The average molecular weight is 661 g/mol. The summed E-state index contributed by atoms with van der Waals surface area (Å²) in [4.78, 5) is 54.2. The number of aromatic nitrogens is 2. The summed E-state index contributed by atoms with van der Waals surface area (Å²) in [5.41, 5.74) is -0.257. The van der Waals surface area contributed by atoms with E-state index in [1.165, 1.54) is 22.0 Å². The number of aromatic hydroxyl groups is 1. The lowest BCUT2D eigenvalue weighted by Gasteiger charge is -2.26. The smallest absolute Gasteiger partial charge is 0.263 e. The van der Waals surface area contributed by atoms with Crippen molar-refractivity contribution in [2.24, 2.45) is 4.99 Å². The zero-order chi connectivity index (χ0) is 33.0. The number of morpholine rings is 2. The SMILES string of the molecule is O=c1c2c(=NCCCCN3CCCC3)cc3c(=O)n(CCCN4CCOCC4)c(=O)c4ccc(c(O)n1CCCN1CCOCC1)c2c4-3. The van der Waals surface area contributed by atoms with Crippen LogP contribution in [0.2, 0.25) is 0 Å². The van der Waals surface area contributed by atoms with Crippen LogP contribution in [0.5, 0.6) is 5.88 Å². The summed E-state index contributed by atoms with van der Waals surface area (Å²) in [6.45, 7) is 12.3. The first kappa shape index (κ1) is 33.1. The molecule has 4 aliphatic heterocycles. The summed E-state index contributed by atoms with van der Waals surface area (Å²) in [6.07, 6.45) is 5.73. The summed E-state index contributed by atoms with van der Waals surface area (Å²) in [7, 11) is 0. The highest BCUT2D eigenvalue weighted by atomic mass is 16.5. The second-order valence-corrected chi connectivity index (χ2v) is 13.5. The maximum absolute atomic E-state index is 14.3. The van der Waals surface area contributed by atoms with Crippen molar-refractivity contribution >= 4 is 21.5 Å². The zero-order valence-electron chi connectivity index (χ0n) is 28.0. The van der Waals surface area contributed by atoms with Crippen molar-refractivity contribution in [3.8, 4) is 17.0 Å². The monoisotopic (exact) mass is 660 g/mol. The molecule has 0 bridgehead atoms. The molecule has 0 unspecified atom stereocenters. The minimum atomic E-state index is -0.372. The van der Waals surface area contributed by atoms with E-state index in [9.17, 15) is 19.5 Å². The van der Waals surface area contributed by atoms with E-state index < -0.39 is 0 Å². The number of rotatable bonds is 13. The summed E-state index contributed by atoms with van der Waals surface area (Å²) in [5, 5.41) is 13.7. The Balaban J connectivity index is 1.27. The third kappa shape index (κ3) is 6.73. The van der Waals surface area contributed by atoms with Crippen molar-refractivity contribution in [1.29, 1.82) is 0 Å². The standard InChI is InChI=1S/C36H48N6O6/c43-33-26-7-8-27-31-30(26)28(35(45)41(33)15-5-13-39-17-21-47-22-18-39)25-29(37-9-1-2-10-38-11-3-4-12-38)32(31)36(46)42(34(27)44)16-6-14-40-19-23-48-24-20-40/h7-8,25,44H,1-6,9-24H2. The first-order valence-corrected chi connectivity index (χ1v) is 17.9. The summed E-state index contributed by atoms with van der Waals surface area (Å²) >= 11 is 0. The van der Waals surface area contributed by atoms with Crippen molar-refractivity contribution in [3.05, 3.63) is 54.6 Å². The molecule has 12 heteroatoms. The van der Waals surface area contributed by atoms with Gasteiger partial charge >= 0.3 is 0 Å². The van der Waals surface area contributed by atoms with Crippen molar-refractivity contribution < 1.29 is 14.6 Å². The van der Waals surface area contributed by atoms with Crippen molar-refractivity contribution in [2.45, 2.75) is 51.6 Å². The fraction of sp³-hybridized carbons (Fsp3) is 0.611. The number of hydrogen-bond donors (Lipinski definition) is 1. The molecule has 0 atom stereocenters. The minimum Gasteiger partial charge on any atom is -0.494 e. The molecule has 3 saturated heterocycles. The number of nitrogens with zero attached hydrogens (tertiary/aromatic N) is 6. The van der Waals surface area contributed by atoms with Crippen LogP contribution in [0, 0.1) is 0 Å². The Morgan fingerprint density at radius 2 is 1.21 bits per heavy atom. The van der Waals surface area contributed by atoms with Crippen molar-refractivity contribution in [3.63, 3.8) is 0 Å². The van der Waals surface area contributed by atoms with Gasteiger partial charge in [0.2, 0.25) is 5.88 Å². The molecular weight excluding hydrogens is 612 g/mol. The third-order valence-corrected chi connectivity index (χ3v) is 10.5. The lowest BCUT2D eigenvalue weighted by molar-refractivity contribution is 0.0368. The molecule has 2 aromatic rings. The van der Waals surface area contributed by atoms with E-state index in [0.717, 1.165) is 71.7 Å². The largest absolute Gasteiger partial charge is 0.494 e. The van der Waals surface area contributed by atoms with Gasteiger partial charge in [0.05, 0.1) is 42.7 Å². The van der Waals surface area contributed by atoms with Crippen LogP contribution in [0.3, 0.4) is 0 Å². The summed E-state index contributed by atoms with van der Waals surface area (Å²) in [5.74, 6) is -0.137. The number of unbranched alkanes of at least 4 members (excludes halogenated alkanes) is 1. The van der Waals surface area contributed by atoms with Gasteiger partial charge in [-0.3, -0.25) is 38.3 Å². The number of likely N-dealkylation sites (tertiary alicyclic amines) is 1. The predicted molar refractivity (Wildman–Crippen MR) is 186 cm³/mol. The maximum Gasteiger partial charge on any atom is 0.263 e. The van der Waals surface area contributed by atoms with Gasteiger partial charge in [-0.1, -0.05) is 0 Å². The van der Waals surface area contributed by atoms with Gasteiger partial charge < -0.3 is 19.5 Å². The molecule has 0 saturated carbocycles. The van der Waals surface area contributed by atoms with Crippen LogP contribution in [0.4, 0.5) is 0 Å². The van der Waals surface area contributed by atoms with Crippen LogP contribution >= 0.6 is 0 Å². The molecule has 0 spiro atoms. The van der Waals surface area contributed by atoms with Gasteiger partial charge in [0, 0.05) is 80.6 Å². The molecule has 7 rings (SSSR count). The normalized spacial score (nSPS) is 19.1. The predicted octanol–water partition coefficient (Wildman–Crippen LogP) is 1.58. The Morgan fingerprint density at radius 1 is 0.625 bits per heavy atom. The number of pyridine rings is 2. The van der Waals surface area contributed by atoms with Crippen molar-refractivity contribution in [1.82, 2.24) is 23.8 Å². The van der Waals surface area contributed by atoms with Crippen molar-refractivity contribution in [2.75, 3.05) is 91.9 Å². The Kier molecular flexibility index (Phi) is 10.3. The number of hydrogen-bond acceptors (Lipinski definition) is 10. The Bertz CT molecular complexity index is 1910. The van der Waals surface area contributed by atoms with E-state index in [2.05, 4.69) is 14.7 Å². The highest BCUT2D eigenvalue weighted by molar-refractivity contribution is 6.15. The topological polar surface area (TPSA) is 122 Å².